The Morgan fingerprint density at radius 3 is 1.59 bits per heavy atom. The van der Waals surface area contributed by atoms with Gasteiger partial charge >= 0.3 is 0 Å². The Kier molecular flexibility index (Phi) is 5.63. The van der Waals surface area contributed by atoms with E-state index in [1.165, 1.54) is 53.5 Å². The van der Waals surface area contributed by atoms with Crippen molar-refractivity contribution in [1.29, 1.82) is 0 Å². The molecule has 0 saturated heterocycles. The molecule has 0 unspecified atom stereocenters. The van der Waals surface area contributed by atoms with Gasteiger partial charge in [-0.3, -0.25) is 0 Å². The lowest BCUT2D eigenvalue weighted by molar-refractivity contribution is 0.550. The van der Waals surface area contributed by atoms with Crippen LogP contribution in [-0.4, -0.2) is 15.0 Å². The van der Waals surface area contributed by atoms with E-state index in [-0.39, 0.29) is 5.41 Å². The minimum atomic E-state index is 0.193. The van der Waals surface area contributed by atoms with Crippen molar-refractivity contribution in [3.63, 3.8) is 0 Å². The molecule has 1 heterocycles. The normalized spacial score (nSPS) is 14.6. The van der Waals surface area contributed by atoms with Crippen molar-refractivity contribution in [2.45, 2.75) is 31.1 Å². The maximum Gasteiger partial charge on any atom is 0.164 e. The summed E-state index contributed by atoms with van der Waals surface area (Å²) >= 11 is 0. The number of nitrogens with zero attached hydrogens (tertiary/aromatic N) is 3. The van der Waals surface area contributed by atoms with Gasteiger partial charge in [-0.05, 0) is 58.4 Å². The van der Waals surface area contributed by atoms with Crippen molar-refractivity contribution >= 4 is 0 Å². The first kappa shape index (κ1) is 24.0. The quantitative estimate of drug-likeness (QED) is 0.229. The van der Waals surface area contributed by atoms with Gasteiger partial charge in [-0.15, -0.1) is 0 Å². The predicted octanol–water partition coefficient (Wildman–Crippen LogP) is 9.38. The summed E-state index contributed by atoms with van der Waals surface area (Å²) in [4.78, 5) is 14.7. The highest BCUT2D eigenvalue weighted by atomic mass is 15.0. The van der Waals surface area contributed by atoms with Crippen molar-refractivity contribution in [2.24, 2.45) is 0 Å². The van der Waals surface area contributed by atoms with Crippen LogP contribution in [-0.2, 0) is 5.41 Å². The smallest absolute Gasteiger partial charge is 0.164 e. The fraction of sp³-hybridized carbons (Fsp3) is 0.132. The highest BCUT2D eigenvalue weighted by Gasteiger charge is 2.44. The molecule has 3 heteroatoms. The highest BCUT2D eigenvalue weighted by molar-refractivity contribution is 5.85. The molecule has 0 amide bonds. The summed E-state index contributed by atoms with van der Waals surface area (Å²) in [5.41, 5.74) is 11.3. The molecule has 1 aromatic heterocycles. The summed E-state index contributed by atoms with van der Waals surface area (Å²) in [6, 6.07) is 45.0. The van der Waals surface area contributed by atoms with Crippen LogP contribution in [0.2, 0.25) is 0 Å². The summed E-state index contributed by atoms with van der Waals surface area (Å²) in [5.74, 6) is 2.03. The Hall–Kier alpha value is -4.89. The molecule has 0 aliphatic heterocycles. The summed E-state index contributed by atoms with van der Waals surface area (Å²) in [6.45, 7) is 0. The van der Waals surface area contributed by atoms with Gasteiger partial charge < -0.3 is 0 Å². The highest BCUT2D eigenvalue weighted by Crippen LogP contribution is 2.57. The zero-order valence-corrected chi connectivity index (χ0v) is 22.8. The van der Waals surface area contributed by atoms with Crippen LogP contribution < -0.4 is 0 Å². The maximum atomic E-state index is 4.95. The molecular formula is C38H29N3. The molecule has 0 radical (unpaired) electrons. The first-order valence-electron chi connectivity index (χ1n) is 14.5. The molecule has 41 heavy (non-hydrogen) atoms. The maximum absolute atomic E-state index is 4.95. The molecule has 2 aliphatic rings. The van der Waals surface area contributed by atoms with Crippen molar-refractivity contribution in [1.82, 2.24) is 15.0 Å². The Morgan fingerprint density at radius 2 is 0.902 bits per heavy atom. The lowest BCUT2D eigenvalue weighted by Gasteiger charge is -2.26. The van der Waals surface area contributed by atoms with Crippen LogP contribution >= 0.6 is 0 Å². The second-order valence-corrected chi connectivity index (χ2v) is 11.2. The summed E-state index contributed by atoms with van der Waals surface area (Å²) < 4.78 is 0. The summed E-state index contributed by atoms with van der Waals surface area (Å²) in [6.07, 6.45) is 5.11. The van der Waals surface area contributed by atoms with Gasteiger partial charge in [0.1, 0.15) is 0 Å². The second-order valence-electron chi connectivity index (χ2n) is 11.2. The molecule has 0 atom stereocenters. The molecule has 8 rings (SSSR count). The van der Waals surface area contributed by atoms with Gasteiger partial charge in [-0.1, -0.05) is 128 Å². The Morgan fingerprint density at radius 1 is 0.390 bits per heavy atom. The minimum Gasteiger partial charge on any atom is -0.208 e. The molecule has 1 spiro atoms. The van der Waals surface area contributed by atoms with Crippen LogP contribution in [0.15, 0.2) is 127 Å². The van der Waals surface area contributed by atoms with Crippen molar-refractivity contribution in [2.75, 3.05) is 0 Å². The molecule has 2 aliphatic carbocycles. The third kappa shape index (κ3) is 4.00. The van der Waals surface area contributed by atoms with E-state index in [0.29, 0.717) is 17.5 Å². The zero-order valence-electron chi connectivity index (χ0n) is 22.8. The standard InChI is InChI=1S/C38H29N3/c1-3-12-26(13-4-1)35-39-36(27-14-5-2-6-15-27)41-37(40-35)30-17-11-16-28(24-30)29-20-21-34-32(25-29)31-18-7-8-19-33(31)38(34)22-9-10-23-38/h1-8,11-21,24-25H,9-10,22-23H2. The number of hydrogen-bond donors (Lipinski definition) is 0. The van der Waals surface area contributed by atoms with Crippen LogP contribution in [0.5, 0.6) is 0 Å². The Balaban J connectivity index is 1.24. The van der Waals surface area contributed by atoms with Gasteiger partial charge in [0.25, 0.3) is 0 Å². The Bertz CT molecular complexity index is 1830. The van der Waals surface area contributed by atoms with Gasteiger partial charge in [-0.2, -0.15) is 0 Å². The third-order valence-electron chi connectivity index (χ3n) is 8.88. The van der Waals surface area contributed by atoms with E-state index in [9.17, 15) is 0 Å². The fourth-order valence-corrected chi connectivity index (χ4v) is 6.94. The second kappa shape index (κ2) is 9.64. The summed E-state index contributed by atoms with van der Waals surface area (Å²) in [5, 5.41) is 0. The van der Waals surface area contributed by atoms with Gasteiger partial charge in [0.15, 0.2) is 17.5 Å². The van der Waals surface area contributed by atoms with Crippen LogP contribution in [0, 0.1) is 0 Å². The number of fused-ring (bicyclic) bond motifs is 5. The van der Waals surface area contributed by atoms with E-state index in [1.807, 2.05) is 60.7 Å². The average molecular weight is 528 g/mol. The number of hydrogen-bond acceptors (Lipinski definition) is 3. The Labute approximate surface area is 240 Å². The lowest BCUT2D eigenvalue weighted by atomic mass is 9.76. The van der Waals surface area contributed by atoms with Crippen LogP contribution in [0.4, 0.5) is 0 Å². The molecule has 196 valence electrons. The summed E-state index contributed by atoms with van der Waals surface area (Å²) in [7, 11) is 0. The molecule has 0 N–H and O–H groups in total. The third-order valence-corrected chi connectivity index (χ3v) is 8.88. The number of benzene rings is 5. The van der Waals surface area contributed by atoms with E-state index in [0.717, 1.165) is 22.3 Å². The van der Waals surface area contributed by atoms with E-state index < -0.39 is 0 Å². The van der Waals surface area contributed by atoms with Crippen molar-refractivity contribution < 1.29 is 0 Å². The van der Waals surface area contributed by atoms with Crippen LogP contribution in [0.3, 0.4) is 0 Å². The van der Waals surface area contributed by atoms with Crippen LogP contribution in [0.1, 0.15) is 36.8 Å². The van der Waals surface area contributed by atoms with E-state index >= 15 is 0 Å². The molecule has 6 aromatic rings. The topological polar surface area (TPSA) is 38.7 Å². The zero-order chi connectivity index (χ0) is 27.2. The van der Waals surface area contributed by atoms with Gasteiger partial charge in [0.2, 0.25) is 0 Å². The number of aromatic nitrogens is 3. The minimum absolute atomic E-state index is 0.193. The van der Waals surface area contributed by atoms with E-state index in [4.69, 9.17) is 15.0 Å². The molecule has 3 nitrogen and oxygen atoms in total. The molecule has 1 saturated carbocycles. The lowest BCUT2D eigenvalue weighted by Crippen LogP contribution is -2.20. The fourth-order valence-electron chi connectivity index (χ4n) is 6.94. The average Bonchev–Trinajstić information content (AvgIpc) is 3.66. The van der Waals surface area contributed by atoms with Crippen molar-refractivity contribution in [3.05, 3.63) is 139 Å². The predicted molar refractivity (Wildman–Crippen MR) is 166 cm³/mol. The monoisotopic (exact) mass is 527 g/mol. The number of rotatable bonds is 4. The van der Waals surface area contributed by atoms with Gasteiger partial charge in [0.05, 0.1) is 0 Å². The largest absolute Gasteiger partial charge is 0.208 e. The molecule has 1 fully saturated rings. The van der Waals surface area contributed by atoms with Gasteiger partial charge in [-0.25, -0.2) is 15.0 Å². The van der Waals surface area contributed by atoms with E-state index in [1.54, 1.807) is 0 Å². The van der Waals surface area contributed by atoms with Crippen molar-refractivity contribution in [3.8, 4) is 56.4 Å². The SMILES string of the molecule is c1ccc(-c2nc(-c3ccccc3)nc(-c3cccc(-c4ccc5c(c4)-c4ccccc4C54CCCC4)c3)n2)cc1. The molecule has 0 bridgehead atoms. The van der Waals surface area contributed by atoms with Gasteiger partial charge in [0, 0.05) is 22.1 Å². The van der Waals surface area contributed by atoms with Crippen LogP contribution in [0.25, 0.3) is 56.4 Å². The first-order valence-corrected chi connectivity index (χ1v) is 14.5. The first-order chi connectivity index (χ1) is 20.3. The molecule has 5 aromatic carbocycles. The van der Waals surface area contributed by atoms with E-state index in [2.05, 4.69) is 66.7 Å². The molecular weight excluding hydrogens is 498 g/mol.